The van der Waals surface area contributed by atoms with Crippen molar-refractivity contribution in [3.8, 4) is 0 Å². The van der Waals surface area contributed by atoms with Crippen molar-refractivity contribution >= 4 is 23.6 Å². The molecule has 0 saturated carbocycles. The highest BCUT2D eigenvalue weighted by molar-refractivity contribution is 5.78. The average Bonchev–Trinajstić information content (AvgIpc) is 3.05. The van der Waals surface area contributed by atoms with Crippen molar-refractivity contribution in [2.75, 3.05) is 52.4 Å². The molecule has 8 heteroatoms. The molecular formula is C38H72N4O4. The highest BCUT2D eigenvalue weighted by atomic mass is 16.2. The number of unbranched alkanes of at least 4 members (excludes halogenated alkanes) is 12. The lowest BCUT2D eigenvalue weighted by molar-refractivity contribution is -0.137. The summed E-state index contributed by atoms with van der Waals surface area (Å²) in [7, 11) is 0. The van der Waals surface area contributed by atoms with Crippen molar-refractivity contribution in [2.24, 2.45) is 0 Å². The van der Waals surface area contributed by atoms with Gasteiger partial charge in [-0.1, -0.05) is 105 Å². The van der Waals surface area contributed by atoms with Crippen LogP contribution in [-0.2, 0) is 19.2 Å². The van der Waals surface area contributed by atoms with Crippen molar-refractivity contribution in [3.05, 3.63) is 0 Å². The van der Waals surface area contributed by atoms with E-state index in [9.17, 15) is 19.2 Å². The molecular weight excluding hydrogens is 576 g/mol. The molecule has 0 aliphatic carbocycles. The summed E-state index contributed by atoms with van der Waals surface area (Å²) in [6, 6.07) is 0. The van der Waals surface area contributed by atoms with Gasteiger partial charge in [0.1, 0.15) is 0 Å². The van der Waals surface area contributed by atoms with Gasteiger partial charge in [-0.05, 0) is 38.5 Å². The normalized spacial score (nSPS) is 15.6. The molecule has 46 heavy (non-hydrogen) atoms. The minimum Gasteiger partial charge on any atom is -0.341 e. The van der Waals surface area contributed by atoms with Gasteiger partial charge in [-0.3, -0.25) is 19.2 Å². The number of nitrogens with zero attached hydrogens (tertiary/aromatic N) is 4. The molecule has 0 unspecified atom stereocenters. The van der Waals surface area contributed by atoms with Gasteiger partial charge in [0.2, 0.25) is 23.6 Å². The molecule has 0 radical (unpaired) electrons. The summed E-state index contributed by atoms with van der Waals surface area (Å²) in [6.07, 6.45) is 20.5. The van der Waals surface area contributed by atoms with Gasteiger partial charge in [0, 0.05) is 78.0 Å². The van der Waals surface area contributed by atoms with Gasteiger partial charge in [-0.15, -0.1) is 0 Å². The van der Waals surface area contributed by atoms with Crippen LogP contribution in [-0.4, -0.2) is 95.6 Å². The summed E-state index contributed by atoms with van der Waals surface area (Å²) in [5.74, 6) is 0.651. The molecule has 0 bridgehead atoms. The Balaban J connectivity index is 3.10. The summed E-state index contributed by atoms with van der Waals surface area (Å²) in [6.45, 7) is 13.2. The summed E-state index contributed by atoms with van der Waals surface area (Å²) >= 11 is 0. The van der Waals surface area contributed by atoms with Gasteiger partial charge < -0.3 is 19.6 Å². The van der Waals surface area contributed by atoms with Crippen LogP contribution in [0.4, 0.5) is 0 Å². The van der Waals surface area contributed by atoms with Gasteiger partial charge in [-0.2, -0.15) is 0 Å². The van der Waals surface area contributed by atoms with Crippen LogP contribution in [0.25, 0.3) is 0 Å². The van der Waals surface area contributed by atoms with Crippen molar-refractivity contribution in [2.45, 2.75) is 169 Å². The van der Waals surface area contributed by atoms with E-state index < -0.39 is 0 Å². The third kappa shape index (κ3) is 19.5. The summed E-state index contributed by atoms with van der Waals surface area (Å²) < 4.78 is 0. The Hall–Kier alpha value is -2.12. The molecule has 1 saturated heterocycles. The van der Waals surface area contributed by atoms with Crippen LogP contribution in [0.1, 0.15) is 169 Å². The van der Waals surface area contributed by atoms with E-state index in [0.29, 0.717) is 90.9 Å². The average molecular weight is 649 g/mol. The molecule has 0 N–H and O–H groups in total. The predicted molar refractivity (Wildman–Crippen MR) is 191 cm³/mol. The number of hydrogen-bond acceptors (Lipinski definition) is 4. The fourth-order valence-electron chi connectivity index (χ4n) is 6.28. The molecule has 1 aliphatic rings. The van der Waals surface area contributed by atoms with Crippen LogP contribution >= 0.6 is 0 Å². The van der Waals surface area contributed by atoms with Crippen LogP contribution in [0.5, 0.6) is 0 Å². The first kappa shape index (κ1) is 41.9. The largest absolute Gasteiger partial charge is 0.341 e. The highest BCUT2D eigenvalue weighted by Gasteiger charge is 2.22. The fraction of sp³-hybridized carbons (Fsp3) is 0.895. The lowest BCUT2D eigenvalue weighted by Crippen LogP contribution is -2.46. The third-order valence-corrected chi connectivity index (χ3v) is 9.38. The number of carbonyl (C=O) groups is 4. The summed E-state index contributed by atoms with van der Waals surface area (Å²) in [5, 5.41) is 0. The third-order valence-electron chi connectivity index (χ3n) is 9.38. The molecule has 1 fully saturated rings. The molecule has 1 heterocycles. The van der Waals surface area contributed by atoms with E-state index in [2.05, 4.69) is 27.7 Å². The number of hydrogen-bond donors (Lipinski definition) is 0. The smallest absolute Gasteiger partial charge is 0.222 e. The lowest BCUT2D eigenvalue weighted by Gasteiger charge is -2.32. The Kier molecular flexibility index (Phi) is 25.5. The second kappa shape index (κ2) is 27.9. The lowest BCUT2D eigenvalue weighted by atomic mass is 10.1. The van der Waals surface area contributed by atoms with E-state index in [1.165, 1.54) is 0 Å². The topological polar surface area (TPSA) is 81.2 Å². The Bertz CT molecular complexity index is 691. The first-order valence-electron chi connectivity index (χ1n) is 19.5. The van der Waals surface area contributed by atoms with E-state index in [1.807, 2.05) is 19.6 Å². The van der Waals surface area contributed by atoms with Gasteiger partial charge >= 0.3 is 0 Å². The summed E-state index contributed by atoms with van der Waals surface area (Å²) in [5.41, 5.74) is 0. The number of rotatable bonds is 20. The molecule has 4 amide bonds. The van der Waals surface area contributed by atoms with Crippen molar-refractivity contribution in [3.63, 3.8) is 0 Å². The van der Waals surface area contributed by atoms with Crippen molar-refractivity contribution < 1.29 is 19.2 Å². The Morgan fingerprint density at radius 2 is 0.543 bits per heavy atom. The number of amides is 4. The fourth-order valence-corrected chi connectivity index (χ4v) is 6.28. The van der Waals surface area contributed by atoms with Crippen molar-refractivity contribution in [1.82, 2.24) is 19.6 Å². The molecule has 0 aromatic rings. The Labute approximate surface area is 283 Å². The maximum Gasteiger partial charge on any atom is 0.222 e. The van der Waals surface area contributed by atoms with Crippen LogP contribution in [0.3, 0.4) is 0 Å². The highest BCUT2D eigenvalue weighted by Crippen LogP contribution is 2.13. The standard InChI is InChI=1S/C38H72N4O4/c1-5-9-13-17-23-35(43)39-27-21-28-41(37(45)25-19-15-11-7-3)33-34-42(38(46)26-20-16-12-8-4)30-22-29-40(32-31-39)36(44)24-18-14-10-6-2/h5-34H2,1-4H3. The monoisotopic (exact) mass is 649 g/mol. The molecule has 1 aliphatic heterocycles. The molecule has 1 rings (SSSR count). The second-order valence-electron chi connectivity index (χ2n) is 13.5. The van der Waals surface area contributed by atoms with E-state index in [0.717, 1.165) is 103 Å². The zero-order chi connectivity index (χ0) is 33.8. The molecule has 0 atom stereocenters. The van der Waals surface area contributed by atoms with E-state index in [1.54, 1.807) is 0 Å². The zero-order valence-corrected chi connectivity index (χ0v) is 30.6. The first-order valence-corrected chi connectivity index (χ1v) is 19.5. The van der Waals surface area contributed by atoms with Crippen LogP contribution in [0, 0.1) is 0 Å². The minimum atomic E-state index is 0.163. The van der Waals surface area contributed by atoms with Gasteiger partial charge in [0.15, 0.2) is 0 Å². The van der Waals surface area contributed by atoms with Gasteiger partial charge in [-0.25, -0.2) is 0 Å². The Morgan fingerprint density at radius 1 is 0.326 bits per heavy atom. The van der Waals surface area contributed by atoms with Crippen molar-refractivity contribution in [1.29, 1.82) is 0 Å². The number of carbonyl (C=O) groups excluding carboxylic acids is 4. The first-order chi connectivity index (χ1) is 22.4. The van der Waals surface area contributed by atoms with Crippen LogP contribution in [0.2, 0.25) is 0 Å². The minimum absolute atomic E-state index is 0.163. The zero-order valence-electron chi connectivity index (χ0n) is 30.6. The molecule has 8 nitrogen and oxygen atoms in total. The molecule has 0 aromatic carbocycles. The van der Waals surface area contributed by atoms with E-state index in [4.69, 9.17) is 0 Å². The maximum atomic E-state index is 13.4. The maximum absolute atomic E-state index is 13.4. The quantitative estimate of drug-likeness (QED) is 0.125. The van der Waals surface area contributed by atoms with E-state index >= 15 is 0 Å². The van der Waals surface area contributed by atoms with Crippen LogP contribution < -0.4 is 0 Å². The summed E-state index contributed by atoms with van der Waals surface area (Å²) in [4.78, 5) is 61.3. The Morgan fingerprint density at radius 3 is 0.739 bits per heavy atom. The predicted octanol–water partition coefficient (Wildman–Crippen LogP) is 7.98. The molecule has 0 aromatic heterocycles. The van der Waals surface area contributed by atoms with Gasteiger partial charge in [0.25, 0.3) is 0 Å². The SMILES string of the molecule is CCCCCCC(=O)N1CCCN(C(=O)CCCCCC)CCN(C(=O)CCCCCC)CCCN(C(=O)CCCCCC)CC1. The van der Waals surface area contributed by atoms with E-state index in [-0.39, 0.29) is 23.6 Å². The van der Waals surface area contributed by atoms with Crippen LogP contribution in [0.15, 0.2) is 0 Å². The second-order valence-corrected chi connectivity index (χ2v) is 13.5. The molecule has 0 spiro atoms. The molecule has 268 valence electrons. The van der Waals surface area contributed by atoms with Gasteiger partial charge in [0.05, 0.1) is 0 Å².